The standard InChI is InChI=1S/C12H24O3/c1-4-12(8-13,9-14)7-10-5-6-11(2,3)15-10/h10,13-14H,4-9H2,1-3H3. The topological polar surface area (TPSA) is 49.7 Å². The Labute approximate surface area is 92.4 Å². The van der Waals surface area contributed by atoms with Crippen LogP contribution in [-0.2, 0) is 4.74 Å². The van der Waals surface area contributed by atoms with Gasteiger partial charge < -0.3 is 14.9 Å². The molecule has 0 aliphatic carbocycles. The molecule has 1 aliphatic rings. The van der Waals surface area contributed by atoms with Gasteiger partial charge in [0.1, 0.15) is 0 Å². The summed E-state index contributed by atoms with van der Waals surface area (Å²) in [6, 6.07) is 0. The van der Waals surface area contributed by atoms with E-state index in [-0.39, 0.29) is 30.3 Å². The lowest BCUT2D eigenvalue weighted by atomic mass is 9.81. The molecule has 1 heterocycles. The fourth-order valence-electron chi connectivity index (χ4n) is 2.25. The normalized spacial score (nSPS) is 25.8. The molecule has 1 fully saturated rings. The van der Waals surface area contributed by atoms with E-state index in [0.717, 1.165) is 25.7 Å². The van der Waals surface area contributed by atoms with Crippen LogP contribution in [0.15, 0.2) is 0 Å². The average molecular weight is 216 g/mol. The van der Waals surface area contributed by atoms with Crippen LogP contribution in [-0.4, -0.2) is 35.1 Å². The van der Waals surface area contributed by atoms with Gasteiger partial charge in [-0.1, -0.05) is 6.92 Å². The van der Waals surface area contributed by atoms with Gasteiger partial charge in [0.2, 0.25) is 0 Å². The summed E-state index contributed by atoms with van der Waals surface area (Å²) in [5, 5.41) is 18.7. The summed E-state index contributed by atoms with van der Waals surface area (Å²) >= 11 is 0. The van der Waals surface area contributed by atoms with Crippen molar-refractivity contribution in [1.82, 2.24) is 0 Å². The first kappa shape index (κ1) is 12.9. The van der Waals surface area contributed by atoms with Crippen molar-refractivity contribution in [3.63, 3.8) is 0 Å². The van der Waals surface area contributed by atoms with Crippen LogP contribution >= 0.6 is 0 Å². The highest BCUT2D eigenvalue weighted by Gasteiger charge is 2.37. The van der Waals surface area contributed by atoms with E-state index in [1.165, 1.54) is 0 Å². The zero-order chi connectivity index (χ0) is 11.5. The van der Waals surface area contributed by atoms with Gasteiger partial charge in [-0.25, -0.2) is 0 Å². The van der Waals surface area contributed by atoms with Gasteiger partial charge in [-0.3, -0.25) is 0 Å². The molecule has 1 atom stereocenters. The molecule has 0 spiro atoms. The Hall–Kier alpha value is -0.120. The predicted molar refractivity (Wildman–Crippen MR) is 59.7 cm³/mol. The molecule has 1 rings (SSSR count). The Morgan fingerprint density at radius 3 is 2.27 bits per heavy atom. The van der Waals surface area contributed by atoms with Crippen molar-refractivity contribution in [1.29, 1.82) is 0 Å². The van der Waals surface area contributed by atoms with Crippen molar-refractivity contribution in [3.8, 4) is 0 Å². The fourth-order valence-corrected chi connectivity index (χ4v) is 2.25. The minimum Gasteiger partial charge on any atom is -0.396 e. The van der Waals surface area contributed by atoms with E-state index in [9.17, 15) is 10.2 Å². The molecule has 1 unspecified atom stereocenters. The molecule has 0 aromatic rings. The molecule has 1 saturated heterocycles. The first-order valence-corrected chi connectivity index (χ1v) is 5.86. The van der Waals surface area contributed by atoms with E-state index in [1.54, 1.807) is 0 Å². The van der Waals surface area contributed by atoms with E-state index in [2.05, 4.69) is 13.8 Å². The van der Waals surface area contributed by atoms with Gasteiger partial charge in [-0.05, 0) is 39.5 Å². The van der Waals surface area contributed by atoms with Crippen LogP contribution in [0.1, 0.15) is 46.5 Å². The third kappa shape index (κ3) is 3.16. The molecule has 15 heavy (non-hydrogen) atoms. The second-order valence-corrected chi connectivity index (χ2v) is 5.41. The highest BCUT2D eigenvalue weighted by molar-refractivity contribution is 4.87. The smallest absolute Gasteiger partial charge is 0.0631 e. The maximum atomic E-state index is 9.35. The van der Waals surface area contributed by atoms with Gasteiger partial charge in [0, 0.05) is 5.41 Å². The third-order valence-electron chi connectivity index (χ3n) is 3.64. The second-order valence-electron chi connectivity index (χ2n) is 5.41. The van der Waals surface area contributed by atoms with Crippen LogP contribution in [0.3, 0.4) is 0 Å². The second kappa shape index (κ2) is 4.81. The molecule has 0 aromatic heterocycles. The third-order valence-corrected chi connectivity index (χ3v) is 3.64. The van der Waals surface area contributed by atoms with Crippen LogP contribution in [0.4, 0.5) is 0 Å². The van der Waals surface area contributed by atoms with Crippen LogP contribution in [0.2, 0.25) is 0 Å². The number of aliphatic hydroxyl groups is 2. The van der Waals surface area contributed by atoms with Gasteiger partial charge in [-0.2, -0.15) is 0 Å². The lowest BCUT2D eigenvalue weighted by molar-refractivity contribution is -0.0565. The average Bonchev–Trinajstić information content (AvgIpc) is 2.55. The molecule has 90 valence electrons. The molecule has 3 nitrogen and oxygen atoms in total. The largest absolute Gasteiger partial charge is 0.396 e. The number of hydrogen-bond donors (Lipinski definition) is 2. The van der Waals surface area contributed by atoms with Crippen molar-refractivity contribution in [2.75, 3.05) is 13.2 Å². The molecule has 1 aliphatic heterocycles. The molecular weight excluding hydrogens is 192 g/mol. The van der Waals surface area contributed by atoms with Crippen LogP contribution < -0.4 is 0 Å². The quantitative estimate of drug-likeness (QED) is 0.735. The summed E-state index contributed by atoms with van der Waals surface area (Å²) in [7, 11) is 0. The van der Waals surface area contributed by atoms with E-state index >= 15 is 0 Å². The summed E-state index contributed by atoms with van der Waals surface area (Å²) in [6.45, 7) is 6.28. The Kier molecular flexibility index (Phi) is 4.15. The summed E-state index contributed by atoms with van der Waals surface area (Å²) in [5.74, 6) is 0. The molecular formula is C12H24O3. The zero-order valence-electron chi connectivity index (χ0n) is 10.1. The van der Waals surface area contributed by atoms with Crippen molar-refractivity contribution in [2.24, 2.45) is 5.41 Å². The van der Waals surface area contributed by atoms with Gasteiger partial charge >= 0.3 is 0 Å². The SMILES string of the molecule is CCC(CO)(CO)CC1CCC(C)(C)O1. The Morgan fingerprint density at radius 2 is 1.93 bits per heavy atom. The zero-order valence-corrected chi connectivity index (χ0v) is 10.1. The van der Waals surface area contributed by atoms with E-state index in [1.807, 2.05) is 6.92 Å². The Balaban J connectivity index is 2.53. The van der Waals surface area contributed by atoms with Crippen LogP contribution in [0, 0.1) is 5.41 Å². The van der Waals surface area contributed by atoms with E-state index in [4.69, 9.17) is 4.74 Å². The minimum absolute atomic E-state index is 0.0327. The molecule has 0 saturated carbocycles. The van der Waals surface area contributed by atoms with Gasteiger partial charge in [0.15, 0.2) is 0 Å². The first-order valence-electron chi connectivity index (χ1n) is 5.86. The van der Waals surface area contributed by atoms with Gasteiger partial charge in [0.05, 0.1) is 24.9 Å². The van der Waals surface area contributed by atoms with Crippen molar-refractivity contribution in [2.45, 2.75) is 58.2 Å². The molecule has 3 heteroatoms. The number of rotatable bonds is 5. The molecule has 0 radical (unpaired) electrons. The lowest BCUT2D eigenvalue weighted by Crippen LogP contribution is -2.34. The fraction of sp³-hybridized carbons (Fsp3) is 1.00. The van der Waals surface area contributed by atoms with Crippen molar-refractivity contribution in [3.05, 3.63) is 0 Å². The molecule has 0 aromatic carbocycles. The number of aliphatic hydroxyl groups excluding tert-OH is 2. The molecule has 0 amide bonds. The number of hydrogen-bond acceptors (Lipinski definition) is 3. The summed E-state index contributed by atoms with van der Waals surface area (Å²) < 4.78 is 5.89. The summed E-state index contributed by atoms with van der Waals surface area (Å²) in [5.41, 5.74) is -0.389. The van der Waals surface area contributed by atoms with E-state index in [0.29, 0.717) is 0 Å². The van der Waals surface area contributed by atoms with Crippen molar-refractivity contribution >= 4 is 0 Å². The minimum atomic E-state index is -0.356. The Bertz CT molecular complexity index is 189. The lowest BCUT2D eigenvalue weighted by Gasteiger charge is -2.31. The van der Waals surface area contributed by atoms with Crippen molar-refractivity contribution < 1.29 is 14.9 Å². The molecule has 0 bridgehead atoms. The van der Waals surface area contributed by atoms with Gasteiger partial charge in [0.25, 0.3) is 0 Å². The first-order chi connectivity index (χ1) is 6.97. The maximum Gasteiger partial charge on any atom is 0.0631 e. The highest BCUT2D eigenvalue weighted by Crippen LogP contribution is 2.37. The van der Waals surface area contributed by atoms with Crippen LogP contribution in [0.25, 0.3) is 0 Å². The summed E-state index contributed by atoms with van der Waals surface area (Å²) in [6.07, 6.45) is 3.85. The number of ether oxygens (including phenoxy) is 1. The monoisotopic (exact) mass is 216 g/mol. The molecule has 2 N–H and O–H groups in total. The van der Waals surface area contributed by atoms with Crippen LogP contribution in [0.5, 0.6) is 0 Å². The Morgan fingerprint density at radius 1 is 1.33 bits per heavy atom. The van der Waals surface area contributed by atoms with E-state index < -0.39 is 0 Å². The highest BCUT2D eigenvalue weighted by atomic mass is 16.5. The summed E-state index contributed by atoms with van der Waals surface area (Å²) in [4.78, 5) is 0. The maximum absolute atomic E-state index is 9.35. The predicted octanol–water partition coefficient (Wildman–Crippen LogP) is 1.72. The van der Waals surface area contributed by atoms with Gasteiger partial charge in [-0.15, -0.1) is 0 Å².